The molecule has 32 heavy (non-hydrogen) atoms. The standard InChI is InChI=1S/C25H30FN5O/c1-27-24(31(2)17-23-28-16-22(30-23)19-6-4-3-5-7-19)29-18-25(12-14-32-15-13-25)20-8-10-21(26)11-9-20/h3-11,16H,12-15,17-18H2,1-2H3,(H,27,29)(H,28,30). The number of nitrogens with one attached hydrogen (secondary N) is 2. The number of halogens is 1. The number of hydrogen-bond acceptors (Lipinski definition) is 3. The number of guanidine groups is 1. The maximum Gasteiger partial charge on any atom is 0.193 e. The Kier molecular flexibility index (Phi) is 6.85. The second-order valence-electron chi connectivity index (χ2n) is 8.27. The fourth-order valence-electron chi connectivity index (χ4n) is 4.27. The number of imidazole rings is 1. The summed E-state index contributed by atoms with van der Waals surface area (Å²) in [4.78, 5) is 14.5. The lowest BCUT2D eigenvalue weighted by Crippen LogP contribution is -2.48. The number of H-pyrrole nitrogens is 1. The average Bonchev–Trinajstić information content (AvgIpc) is 3.29. The molecule has 2 heterocycles. The molecule has 0 bridgehead atoms. The van der Waals surface area contributed by atoms with Gasteiger partial charge in [0.25, 0.3) is 0 Å². The van der Waals surface area contributed by atoms with Crippen molar-refractivity contribution in [2.75, 3.05) is 33.9 Å². The molecule has 2 aromatic carbocycles. The summed E-state index contributed by atoms with van der Waals surface area (Å²) in [5, 5.41) is 3.54. The second kappa shape index (κ2) is 9.96. The minimum Gasteiger partial charge on any atom is -0.381 e. The fraction of sp³-hybridized carbons (Fsp3) is 0.360. The zero-order valence-corrected chi connectivity index (χ0v) is 18.6. The molecule has 0 saturated carbocycles. The van der Waals surface area contributed by atoms with E-state index in [0.29, 0.717) is 26.3 Å². The third-order valence-electron chi connectivity index (χ3n) is 6.16. The van der Waals surface area contributed by atoms with Gasteiger partial charge in [0.05, 0.1) is 18.4 Å². The zero-order valence-electron chi connectivity index (χ0n) is 18.6. The van der Waals surface area contributed by atoms with Gasteiger partial charge in [-0.2, -0.15) is 0 Å². The van der Waals surface area contributed by atoms with Crippen molar-refractivity contribution in [1.82, 2.24) is 20.2 Å². The minimum atomic E-state index is -0.215. The Labute approximate surface area is 188 Å². The van der Waals surface area contributed by atoms with Crippen molar-refractivity contribution in [3.8, 4) is 11.3 Å². The summed E-state index contributed by atoms with van der Waals surface area (Å²) in [6.45, 7) is 2.69. The molecule has 3 aromatic rings. The molecule has 1 aliphatic rings. The van der Waals surface area contributed by atoms with E-state index in [-0.39, 0.29) is 11.2 Å². The van der Waals surface area contributed by atoms with E-state index in [2.05, 4.69) is 32.4 Å². The Balaban J connectivity index is 1.43. The van der Waals surface area contributed by atoms with E-state index in [1.807, 2.05) is 48.5 Å². The van der Waals surface area contributed by atoms with Crippen LogP contribution in [-0.2, 0) is 16.7 Å². The predicted molar refractivity (Wildman–Crippen MR) is 125 cm³/mol. The number of nitrogens with zero attached hydrogens (tertiary/aromatic N) is 3. The summed E-state index contributed by atoms with van der Waals surface area (Å²) in [6, 6.07) is 17.0. The van der Waals surface area contributed by atoms with E-state index in [0.717, 1.165) is 41.4 Å². The summed E-state index contributed by atoms with van der Waals surface area (Å²) in [7, 11) is 3.78. The van der Waals surface area contributed by atoms with Gasteiger partial charge >= 0.3 is 0 Å². The Bertz CT molecular complexity index is 1030. The molecule has 6 nitrogen and oxygen atoms in total. The molecule has 4 rings (SSSR count). The van der Waals surface area contributed by atoms with E-state index in [4.69, 9.17) is 4.74 Å². The molecule has 0 radical (unpaired) electrons. The zero-order chi connectivity index (χ0) is 22.4. The van der Waals surface area contributed by atoms with Gasteiger partial charge in [0.2, 0.25) is 0 Å². The topological polar surface area (TPSA) is 65.5 Å². The van der Waals surface area contributed by atoms with E-state index < -0.39 is 0 Å². The van der Waals surface area contributed by atoms with Crippen LogP contribution in [0.2, 0.25) is 0 Å². The van der Waals surface area contributed by atoms with Gasteiger partial charge in [-0.05, 0) is 36.1 Å². The van der Waals surface area contributed by atoms with Crippen LogP contribution in [0.4, 0.5) is 4.39 Å². The van der Waals surface area contributed by atoms with Gasteiger partial charge in [-0.15, -0.1) is 0 Å². The molecule has 0 spiro atoms. The Morgan fingerprint density at radius 3 is 2.56 bits per heavy atom. The van der Waals surface area contributed by atoms with Crippen LogP contribution in [0.5, 0.6) is 0 Å². The number of aromatic amines is 1. The predicted octanol–water partition coefficient (Wildman–Crippen LogP) is 3.97. The number of aliphatic imine (C=N–C) groups is 1. The largest absolute Gasteiger partial charge is 0.381 e. The first kappa shape index (κ1) is 22.0. The van der Waals surface area contributed by atoms with Crippen LogP contribution >= 0.6 is 0 Å². The van der Waals surface area contributed by atoms with Gasteiger partial charge in [0.1, 0.15) is 11.6 Å². The fourth-order valence-corrected chi connectivity index (χ4v) is 4.27. The van der Waals surface area contributed by atoms with Crippen LogP contribution in [0.25, 0.3) is 11.3 Å². The lowest BCUT2D eigenvalue weighted by molar-refractivity contribution is 0.0512. The number of benzene rings is 2. The van der Waals surface area contributed by atoms with E-state index >= 15 is 0 Å². The average molecular weight is 436 g/mol. The molecule has 0 unspecified atom stereocenters. The summed E-state index contributed by atoms with van der Waals surface area (Å²) in [5.74, 6) is 1.44. The first-order valence-corrected chi connectivity index (χ1v) is 10.9. The van der Waals surface area contributed by atoms with Crippen LogP contribution in [0, 0.1) is 5.82 Å². The van der Waals surface area contributed by atoms with Gasteiger partial charge in [0, 0.05) is 39.3 Å². The smallest absolute Gasteiger partial charge is 0.193 e. The molecular formula is C25H30FN5O. The molecule has 1 aromatic heterocycles. The Hall–Kier alpha value is -3.19. The molecule has 0 amide bonds. The van der Waals surface area contributed by atoms with Crippen molar-refractivity contribution in [1.29, 1.82) is 0 Å². The molecule has 168 valence electrons. The van der Waals surface area contributed by atoms with Crippen molar-refractivity contribution >= 4 is 5.96 Å². The van der Waals surface area contributed by atoms with Crippen LogP contribution in [0.3, 0.4) is 0 Å². The van der Waals surface area contributed by atoms with E-state index in [9.17, 15) is 4.39 Å². The van der Waals surface area contributed by atoms with Crippen LogP contribution in [0.15, 0.2) is 65.8 Å². The quantitative estimate of drug-likeness (QED) is 0.454. The number of hydrogen-bond donors (Lipinski definition) is 2. The molecule has 1 fully saturated rings. The van der Waals surface area contributed by atoms with Crippen molar-refractivity contribution in [2.45, 2.75) is 24.8 Å². The third-order valence-corrected chi connectivity index (χ3v) is 6.16. The monoisotopic (exact) mass is 435 g/mol. The minimum absolute atomic E-state index is 0.117. The first-order valence-electron chi connectivity index (χ1n) is 10.9. The van der Waals surface area contributed by atoms with Crippen molar-refractivity contribution in [3.05, 3.63) is 78.0 Å². The molecule has 1 aliphatic heterocycles. The summed E-state index contributed by atoms with van der Waals surface area (Å²) in [6.07, 6.45) is 3.62. The molecule has 0 atom stereocenters. The number of rotatable bonds is 6. The molecule has 1 saturated heterocycles. The second-order valence-corrected chi connectivity index (χ2v) is 8.27. The first-order chi connectivity index (χ1) is 15.6. The maximum atomic E-state index is 13.5. The van der Waals surface area contributed by atoms with E-state index in [1.54, 1.807) is 7.05 Å². The summed E-state index contributed by atoms with van der Waals surface area (Å²) < 4.78 is 19.1. The van der Waals surface area contributed by atoms with Crippen LogP contribution in [-0.4, -0.2) is 54.7 Å². The molecule has 2 N–H and O–H groups in total. The molecule has 7 heteroatoms. The highest BCUT2D eigenvalue weighted by atomic mass is 19.1. The van der Waals surface area contributed by atoms with Gasteiger partial charge in [0.15, 0.2) is 5.96 Å². The lowest BCUT2D eigenvalue weighted by atomic mass is 9.74. The van der Waals surface area contributed by atoms with Crippen LogP contribution in [0.1, 0.15) is 24.2 Å². The van der Waals surface area contributed by atoms with Crippen molar-refractivity contribution < 1.29 is 9.13 Å². The normalized spacial score (nSPS) is 16.0. The SMILES string of the molecule is CN=C(NCC1(c2ccc(F)cc2)CCOCC1)N(C)Cc1ncc(-c2ccccc2)[nH]1. The highest BCUT2D eigenvalue weighted by molar-refractivity contribution is 5.79. The van der Waals surface area contributed by atoms with Gasteiger partial charge in [-0.25, -0.2) is 9.37 Å². The lowest BCUT2D eigenvalue weighted by Gasteiger charge is -2.39. The number of aromatic nitrogens is 2. The Morgan fingerprint density at radius 1 is 1.16 bits per heavy atom. The van der Waals surface area contributed by atoms with Gasteiger partial charge in [-0.1, -0.05) is 42.5 Å². The highest BCUT2D eigenvalue weighted by Crippen LogP contribution is 2.34. The maximum absolute atomic E-state index is 13.5. The number of ether oxygens (including phenoxy) is 1. The summed E-state index contributed by atoms with van der Waals surface area (Å²) >= 11 is 0. The van der Waals surface area contributed by atoms with Gasteiger partial charge < -0.3 is 19.9 Å². The highest BCUT2D eigenvalue weighted by Gasteiger charge is 2.35. The molecule has 0 aliphatic carbocycles. The summed E-state index contributed by atoms with van der Waals surface area (Å²) in [5.41, 5.74) is 3.12. The van der Waals surface area contributed by atoms with Crippen molar-refractivity contribution in [2.24, 2.45) is 4.99 Å². The van der Waals surface area contributed by atoms with Crippen molar-refractivity contribution in [3.63, 3.8) is 0 Å². The third kappa shape index (κ3) is 4.99. The van der Waals surface area contributed by atoms with E-state index in [1.165, 1.54) is 12.1 Å². The molecular weight excluding hydrogens is 405 g/mol. The van der Waals surface area contributed by atoms with Gasteiger partial charge in [-0.3, -0.25) is 4.99 Å². The van der Waals surface area contributed by atoms with Crippen LogP contribution < -0.4 is 5.32 Å². The Morgan fingerprint density at radius 2 is 1.88 bits per heavy atom.